The number of hydrogen-bond acceptors (Lipinski definition) is 4. The molecule has 1 heterocycles. The summed E-state index contributed by atoms with van der Waals surface area (Å²) in [5.74, 6) is 0. The predicted octanol–water partition coefficient (Wildman–Crippen LogP) is 0.683. The van der Waals surface area contributed by atoms with E-state index in [9.17, 15) is 0 Å². The van der Waals surface area contributed by atoms with Crippen LogP contribution in [0.15, 0.2) is 6.33 Å². The lowest BCUT2D eigenvalue weighted by Gasteiger charge is -1.73. The number of nitriles is 3. The van der Waals surface area contributed by atoms with Crippen molar-refractivity contribution in [1.82, 2.24) is 9.97 Å². The number of nitrogens with one attached hydrogen (secondary N) is 1. The van der Waals surface area contributed by atoms with E-state index in [2.05, 4.69) is 9.97 Å². The summed E-state index contributed by atoms with van der Waals surface area (Å²) in [5, 5.41) is 23.8. The van der Waals surface area contributed by atoms with E-state index in [1.807, 2.05) is 0 Å². The molecule has 0 atom stereocenters. The van der Waals surface area contributed by atoms with E-state index in [-0.39, 0.29) is 11.4 Å². The van der Waals surface area contributed by atoms with E-state index in [4.69, 9.17) is 15.8 Å². The summed E-state index contributed by atoms with van der Waals surface area (Å²) in [6.07, 6.45) is 1.32. The van der Waals surface area contributed by atoms with Gasteiger partial charge in [-0.05, 0) is 0 Å². The van der Waals surface area contributed by atoms with Crippen molar-refractivity contribution >= 4 is 0 Å². The lowest BCUT2D eigenvalue weighted by atomic mass is 10.4. The van der Waals surface area contributed by atoms with E-state index in [1.165, 1.54) is 13.3 Å². The number of rotatable bonds is 0. The summed E-state index contributed by atoms with van der Waals surface area (Å²) in [6.45, 7) is 1.43. The van der Waals surface area contributed by atoms with Gasteiger partial charge in [-0.15, -0.1) is 0 Å². The highest BCUT2D eigenvalue weighted by atomic mass is 14.9. The Balaban J connectivity index is 0.000000354. The number of nitrogens with zero attached hydrogens (tertiary/aromatic N) is 4. The van der Waals surface area contributed by atoms with Gasteiger partial charge < -0.3 is 4.98 Å². The lowest BCUT2D eigenvalue weighted by Crippen LogP contribution is -1.77. The zero-order valence-corrected chi connectivity index (χ0v) is 6.37. The average Bonchev–Trinajstić information content (AvgIpc) is 2.52. The van der Waals surface area contributed by atoms with Crippen molar-refractivity contribution < 1.29 is 0 Å². The third kappa shape index (κ3) is 2.51. The Kier molecular flexibility index (Phi) is 4.41. The van der Waals surface area contributed by atoms with Crippen LogP contribution in [0.1, 0.15) is 18.3 Å². The zero-order valence-electron chi connectivity index (χ0n) is 6.37. The molecule has 0 aliphatic heterocycles. The highest BCUT2D eigenvalue weighted by Crippen LogP contribution is 1.95. The van der Waals surface area contributed by atoms with Crippen LogP contribution >= 0.6 is 0 Å². The van der Waals surface area contributed by atoms with E-state index in [0.29, 0.717) is 0 Å². The summed E-state index contributed by atoms with van der Waals surface area (Å²) in [4.78, 5) is 6.08. The topological polar surface area (TPSA) is 100 Å². The molecule has 1 aromatic rings. The molecule has 0 fully saturated rings. The largest absolute Gasteiger partial charge is 0.335 e. The number of H-pyrrole nitrogens is 1. The fraction of sp³-hybridized carbons (Fsp3) is 0.143. The molecule has 0 aliphatic rings. The van der Waals surface area contributed by atoms with Gasteiger partial charge in [0, 0.05) is 6.92 Å². The quantitative estimate of drug-likeness (QED) is 0.601. The first-order chi connectivity index (χ1) is 5.79. The molecule has 58 valence electrons. The van der Waals surface area contributed by atoms with Gasteiger partial charge >= 0.3 is 0 Å². The SMILES string of the molecule is CC#N.N#Cc1nc[nH]c1C#N. The Bertz CT molecular complexity index is 328. The standard InChI is InChI=1S/C5H2N4.C2H3N/c6-1-4-5(2-7)9-3-8-4;1-2-3/h3H,(H,8,9);1H3. The second-order valence-corrected chi connectivity index (χ2v) is 1.57. The van der Waals surface area contributed by atoms with Gasteiger partial charge in [0.1, 0.15) is 12.1 Å². The second-order valence-electron chi connectivity index (χ2n) is 1.57. The average molecular weight is 159 g/mol. The monoisotopic (exact) mass is 159 g/mol. The van der Waals surface area contributed by atoms with Crippen LogP contribution in [0, 0.1) is 34.0 Å². The van der Waals surface area contributed by atoms with Gasteiger partial charge in [-0.1, -0.05) is 0 Å². The van der Waals surface area contributed by atoms with Gasteiger partial charge in [0.2, 0.25) is 0 Å². The minimum Gasteiger partial charge on any atom is -0.335 e. The molecule has 1 aromatic heterocycles. The number of aromatic amines is 1. The smallest absolute Gasteiger partial charge is 0.176 e. The van der Waals surface area contributed by atoms with Crippen molar-refractivity contribution in [1.29, 1.82) is 15.8 Å². The van der Waals surface area contributed by atoms with Gasteiger partial charge in [0.25, 0.3) is 0 Å². The van der Waals surface area contributed by atoms with E-state index in [0.717, 1.165) is 0 Å². The molecular formula is C7H5N5. The van der Waals surface area contributed by atoms with Gasteiger partial charge in [-0.2, -0.15) is 15.8 Å². The maximum atomic E-state index is 8.27. The fourth-order valence-corrected chi connectivity index (χ4v) is 0.464. The van der Waals surface area contributed by atoms with Crippen LogP contribution < -0.4 is 0 Å². The lowest BCUT2D eigenvalue weighted by molar-refractivity contribution is 1.29. The van der Waals surface area contributed by atoms with Crippen LogP contribution in [-0.4, -0.2) is 9.97 Å². The number of aromatic nitrogens is 2. The fourth-order valence-electron chi connectivity index (χ4n) is 0.464. The Morgan fingerprint density at radius 1 is 1.33 bits per heavy atom. The third-order valence-electron chi connectivity index (χ3n) is 0.857. The second kappa shape index (κ2) is 5.46. The summed E-state index contributed by atoms with van der Waals surface area (Å²) >= 11 is 0. The number of imidazole rings is 1. The van der Waals surface area contributed by atoms with Crippen molar-refractivity contribution in [3.63, 3.8) is 0 Å². The van der Waals surface area contributed by atoms with Crippen molar-refractivity contribution in [2.75, 3.05) is 0 Å². The maximum absolute atomic E-state index is 8.27. The van der Waals surface area contributed by atoms with Crippen LogP contribution in [0.25, 0.3) is 0 Å². The molecule has 12 heavy (non-hydrogen) atoms. The highest BCUT2D eigenvalue weighted by Gasteiger charge is 1.99. The molecular weight excluding hydrogens is 154 g/mol. The Morgan fingerprint density at radius 2 is 1.92 bits per heavy atom. The van der Waals surface area contributed by atoms with Gasteiger partial charge in [-0.25, -0.2) is 4.98 Å². The first-order valence-corrected chi connectivity index (χ1v) is 2.94. The predicted molar refractivity (Wildman–Crippen MR) is 39.3 cm³/mol. The van der Waals surface area contributed by atoms with E-state index >= 15 is 0 Å². The van der Waals surface area contributed by atoms with Crippen LogP contribution in [0.3, 0.4) is 0 Å². The third-order valence-corrected chi connectivity index (χ3v) is 0.857. The maximum Gasteiger partial charge on any atom is 0.176 e. The van der Waals surface area contributed by atoms with Crippen LogP contribution in [-0.2, 0) is 0 Å². The van der Waals surface area contributed by atoms with E-state index < -0.39 is 0 Å². The first kappa shape index (κ1) is 9.68. The van der Waals surface area contributed by atoms with Crippen LogP contribution in [0.4, 0.5) is 0 Å². The summed E-state index contributed by atoms with van der Waals surface area (Å²) in [7, 11) is 0. The molecule has 1 N–H and O–H groups in total. The van der Waals surface area contributed by atoms with Crippen LogP contribution in [0.2, 0.25) is 0 Å². The van der Waals surface area contributed by atoms with E-state index in [1.54, 1.807) is 18.2 Å². The molecule has 0 bridgehead atoms. The van der Waals surface area contributed by atoms with Gasteiger partial charge in [0.15, 0.2) is 11.4 Å². The molecule has 5 heteroatoms. The molecule has 0 aliphatic carbocycles. The number of hydrogen-bond donors (Lipinski definition) is 1. The van der Waals surface area contributed by atoms with Gasteiger partial charge in [0.05, 0.1) is 12.4 Å². The minimum atomic E-state index is 0.150. The Morgan fingerprint density at radius 3 is 2.25 bits per heavy atom. The van der Waals surface area contributed by atoms with Gasteiger partial charge in [-0.3, -0.25) is 0 Å². The highest BCUT2D eigenvalue weighted by molar-refractivity contribution is 5.34. The molecule has 0 unspecified atom stereocenters. The van der Waals surface area contributed by atoms with Crippen molar-refractivity contribution in [3.05, 3.63) is 17.7 Å². The minimum absolute atomic E-state index is 0.150. The molecule has 0 aromatic carbocycles. The summed E-state index contributed by atoms with van der Waals surface area (Å²) in [5.41, 5.74) is 0.370. The van der Waals surface area contributed by atoms with Crippen molar-refractivity contribution in [3.8, 4) is 18.2 Å². The Labute approximate surface area is 69.5 Å². The molecule has 1 rings (SSSR count). The normalized spacial score (nSPS) is 6.50. The van der Waals surface area contributed by atoms with Crippen molar-refractivity contribution in [2.45, 2.75) is 6.92 Å². The molecule has 0 spiro atoms. The first-order valence-electron chi connectivity index (χ1n) is 2.94. The zero-order chi connectivity index (χ0) is 9.40. The molecule has 0 amide bonds. The summed E-state index contributed by atoms with van der Waals surface area (Å²) in [6, 6.07) is 5.30. The molecule has 5 nitrogen and oxygen atoms in total. The van der Waals surface area contributed by atoms with Crippen molar-refractivity contribution in [2.24, 2.45) is 0 Å². The van der Waals surface area contributed by atoms with Crippen LogP contribution in [0.5, 0.6) is 0 Å². The molecule has 0 saturated carbocycles. The molecule has 0 saturated heterocycles. The summed E-state index contributed by atoms with van der Waals surface area (Å²) < 4.78 is 0. The Hall–Kier alpha value is -2.32. The molecule has 0 radical (unpaired) electrons.